The maximum atomic E-state index is 11.2. The highest BCUT2D eigenvalue weighted by molar-refractivity contribution is 5.78. The van der Waals surface area contributed by atoms with E-state index < -0.39 is 11.9 Å². The van der Waals surface area contributed by atoms with Crippen molar-refractivity contribution in [3.63, 3.8) is 0 Å². The van der Waals surface area contributed by atoms with Crippen molar-refractivity contribution in [2.45, 2.75) is 6.42 Å². The summed E-state index contributed by atoms with van der Waals surface area (Å²) in [5, 5.41) is 20.1. The van der Waals surface area contributed by atoms with Crippen molar-refractivity contribution in [2.75, 3.05) is 13.2 Å². The second-order valence-corrected chi connectivity index (χ2v) is 3.25. The van der Waals surface area contributed by atoms with Crippen molar-refractivity contribution in [3.8, 4) is 11.5 Å². The fourth-order valence-electron chi connectivity index (χ4n) is 1.08. The van der Waals surface area contributed by atoms with E-state index in [2.05, 4.69) is 5.32 Å². The van der Waals surface area contributed by atoms with Crippen LogP contribution in [0.1, 0.15) is 6.42 Å². The Morgan fingerprint density at radius 2 is 2.00 bits per heavy atom. The van der Waals surface area contributed by atoms with Crippen LogP contribution in [-0.4, -0.2) is 35.2 Å². The molecule has 6 heteroatoms. The van der Waals surface area contributed by atoms with Crippen LogP contribution in [-0.2, 0) is 9.59 Å². The zero-order valence-corrected chi connectivity index (χ0v) is 9.05. The monoisotopic (exact) mass is 239 g/mol. The molecule has 0 spiro atoms. The number of carboxylic acids is 1. The molecule has 0 aromatic heterocycles. The van der Waals surface area contributed by atoms with Gasteiger partial charge in [0.15, 0.2) is 18.1 Å². The quantitative estimate of drug-likeness (QED) is 0.666. The Hall–Kier alpha value is -2.24. The predicted octanol–water partition coefficient (Wildman–Crippen LogP) is 0.362. The number of carbonyl (C=O) groups is 2. The molecule has 0 saturated carbocycles. The molecule has 6 nitrogen and oxygen atoms in total. The van der Waals surface area contributed by atoms with E-state index in [4.69, 9.17) is 9.84 Å². The number of hydrogen-bond acceptors (Lipinski definition) is 4. The van der Waals surface area contributed by atoms with Crippen molar-refractivity contribution in [3.05, 3.63) is 24.3 Å². The molecule has 0 saturated heterocycles. The van der Waals surface area contributed by atoms with Gasteiger partial charge < -0.3 is 20.3 Å². The maximum Gasteiger partial charge on any atom is 0.305 e. The van der Waals surface area contributed by atoms with E-state index in [-0.39, 0.29) is 31.1 Å². The SMILES string of the molecule is O=C(O)CCNC(=O)COc1ccccc1O. The van der Waals surface area contributed by atoms with Crippen LogP contribution in [0.4, 0.5) is 0 Å². The van der Waals surface area contributed by atoms with Gasteiger partial charge in [-0.1, -0.05) is 12.1 Å². The number of ether oxygens (including phenoxy) is 1. The number of para-hydroxylation sites is 2. The first kappa shape index (κ1) is 12.8. The number of amides is 1. The van der Waals surface area contributed by atoms with Crippen LogP contribution in [0.15, 0.2) is 24.3 Å². The van der Waals surface area contributed by atoms with Crippen LogP contribution in [0.5, 0.6) is 11.5 Å². The second-order valence-electron chi connectivity index (χ2n) is 3.25. The molecule has 0 atom stereocenters. The van der Waals surface area contributed by atoms with Crippen LogP contribution < -0.4 is 10.1 Å². The van der Waals surface area contributed by atoms with Crippen molar-refractivity contribution < 1.29 is 24.5 Å². The van der Waals surface area contributed by atoms with Gasteiger partial charge in [0.25, 0.3) is 5.91 Å². The number of benzene rings is 1. The molecule has 0 aliphatic heterocycles. The fourth-order valence-corrected chi connectivity index (χ4v) is 1.08. The van der Waals surface area contributed by atoms with E-state index in [9.17, 15) is 14.7 Å². The van der Waals surface area contributed by atoms with E-state index in [1.807, 2.05) is 0 Å². The molecule has 1 rings (SSSR count). The van der Waals surface area contributed by atoms with Gasteiger partial charge in [0.1, 0.15) is 0 Å². The Bertz CT molecular complexity index is 405. The summed E-state index contributed by atoms with van der Waals surface area (Å²) in [5.41, 5.74) is 0. The first-order valence-corrected chi connectivity index (χ1v) is 4.99. The summed E-state index contributed by atoms with van der Waals surface area (Å²) < 4.78 is 5.05. The Balaban J connectivity index is 2.29. The molecule has 0 heterocycles. The first-order chi connectivity index (χ1) is 8.09. The Labute approximate surface area is 97.8 Å². The number of carboxylic acid groups (broad SMARTS) is 1. The van der Waals surface area contributed by atoms with Gasteiger partial charge in [0.05, 0.1) is 6.42 Å². The number of phenols is 1. The second kappa shape index (κ2) is 6.37. The van der Waals surface area contributed by atoms with Crippen molar-refractivity contribution in [2.24, 2.45) is 0 Å². The van der Waals surface area contributed by atoms with Gasteiger partial charge in [-0.15, -0.1) is 0 Å². The first-order valence-electron chi connectivity index (χ1n) is 4.99. The molecule has 0 aliphatic rings. The summed E-state index contributed by atoms with van der Waals surface area (Å²) in [6.45, 7) is -0.213. The third-order valence-corrected chi connectivity index (χ3v) is 1.89. The van der Waals surface area contributed by atoms with E-state index in [0.717, 1.165) is 0 Å². The van der Waals surface area contributed by atoms with E-state index in [0.29, 0.717) is 0 Å². The molecule has 17 heavy (non-hydrogen) atoms. The molecule has 0 fully saturated rings. The van der Waals surface area contributed by atoms with Crippen molar-refractivity contribution in [1.29, 1.82) is 0 Å². The predicted molar refractivity (Wildman–Crippen MR) is 58.9 cm³/mol. The highest BCUT2D eigenvalue weighted by Crippen LogP contribution is 2.23. The lowest BCUT2D eigenvalue weighted by Gasteiger charge is -2.07. The van der Waals surface area contributed by atoms with Gasteiger partial charge in [-0.2, -0.15) is 0 Å². The molecule has 1 aromatic rings. The molecular formula is C11H13NO5. The maximum absolute atomic E-state index is 11.2. The van der Waals surface area contributed by atoms with Gasteiger partial charge in [-0.3, -0.25) is 9.59 Å². The summed E-state index contributed by atoms with van der Waals surface area (Å²) in [7, 11) is 0. The highest BCUT2D eigenvalue weighted by Gasteiger charge is 2.05. The molecule has 0 unspecified atom stereocenters. The van der Waals surface area contributed by atoms with Crippen LogP contribution in [0.3, 0.4) is 0 Å². The van der Waals surface area contributed by atoms with Gasteiger partial charge in [-0.25, -0.2) is 0 Å². The molecule has 0 radical (unpaired) electrons. The fraction of sp³-hybridized carbons (Fsp3) is 0.273. The van der Waals surface area contributed by atoms with Crippen LogP contribution >= 0.6 is 0 Å². The largest absolute Gasteiger partial charge is 0.504 e. The third-order valence-electron chi connectivity index (χ3n) is 1.89. The standard InChI is InChI=1S/C11H13NO5/c13-8-3-1-2-4-9(8)17-7-10(14)12-6-5-11(15)16/h1-4,13H,5-7H2,(H,12,14)(H,15,16). The van der Waals surface area contributed by atoms with E-state index >= 15 is 0 Å². The summed E-state index contributed by atoms with van der Waals surface area (Å²) in [4.78, 5) is 21.4. The number of carbonyl (C=O) groups excluding carboxylic acids is 1. The van der Waals surface area contributed by atoms with Gasteiger partial charge in [-0.05, 0) is 12.1 Å². The summed E-state index contributed by atoms with van der Waals surface area (Å²) >= 11 is 0. The number of rotatable bonds is 6. The lowest BCUT2D eigenvalue weighted by molar-refractivity contribution is -0.137. The molecule has 1 aromatic carbocycles. The highest BCUT2D eigenvalue weighted by atomic mass is 16.5. The van der Waals surface area contributed by atoms with Gasteiger partial charge >= 0.3 is 5.97 Å². The van der Waals surface area contributed by atoms with Crippen molar-refractivity contribution in [1.82, 2.24) is 5.32 Å². The number of hydrogen-bond donors (Lipinski definition) is 3. The molecule has 0 bridgehead atoms. The van der Waals surface area contributed by atoms with Gasteiger partial charge in [0, 0.05) is 6.54 Å². The topological polar surface area (TPSA) is 95.9 Å². The minimum absolute atomic E-state index is 0.0502. The summed E-state index contributed by atoms with van der Waals surface area (Å²) in [6.07, 6.45) is -0.137. The number of aromatic hydroxyl groups is 1. The van der Waals surface area contributed by atoms with Crippen LogP contribution in [0.2, 0.25) is 0 Å². The van der Waals surface area contributed by atoms with Crippen LogP contribution in [0.25, 0.3) is 0 Å². The lowest BCUT2D eigenvalue weighted by atomic mass is 10.3. The Morgan fingerprint density at radius 3 is 2.65 bits per heavy atom. The zero-order chi connectivity index (χ0) is 12.7. The molecule has 0 aliphatic carbocycles. The Kier molecular flexibility index (Phi) is 4.80. The van der Waals surface area contributed by atoms with Crippen molar-refractivity contribution >= 4 is 11.9 Å². The lowest BCUT2D eigenvalue weighted by Crippen LogP contribution is -2.30. The minimum atomic E-state index is -0.980. The molecule has 1 amide bonds. The third kappa shape index (κ3) is 4.87. The average Bonchev–Trinajstić information content (AvgIpc) is 2.27. The van der Waals surface area contributed by atoms with Crippen LogP contribution in [0, 0.1) is 0 Å². The summed E-state index contributed by atoms with van der Waals surface area (Å²) in [6, 6.07) is 6.27. The number of aliphatic carboxylic acids is 1. The zero-order valence-electron chi connectivity index (χ0n) is 9.05. The van der Waals surface area contributed by atoms with E-state index in [1.54, 1.807) is 12.1 Å². The number of nitrogens with one attached hydrogen (secondary N) is 1. The minimum Gasteiger partial charge on any atom is -0.504 e. The van der Waals surface area contributed by atoms with E-state index in [1.165, 1.54) is 12.1 Å². The Morgan fingerprint density at radius 1 is 1.29 bits per heavy atom. The summed E-state index contributed by atoms with van der Waals surface area (Å²) in [5.74, 6) is -1.26. The normalized spacial score (nSPS) is 9.65. The smallest absolute Gasteiger partial charge is 0.305 e. The average molecular weight is 239 g/mol. The molecule has 92 valence electrons. The molecule has 3 N–H and O–H groups in total. The number of phenolic OH excluding ortho intramolecular Hbond substituents is 1. The molecular weight excluding hydrogens is 226 g/mol. The van der Waals surface area contributed by atoms with Gasteiger partial charge in [0.2, 0.25) is 0 Å².